The van der Waals surface area contributed by atoms with Crippen LogP contribution in [0.5, 0.6) is 0 Å². The SMILES string of the molecule is CC(NC(=O)OC(C)(C)C)c1ccccc1C(=O)O. The van der Waals surface area contributed by atoms with Crippen LogP contribution in [0, 0.1) is 0 Å². The zero-order valence-electron chi connectivity index (χ0n) is 11.6. The summed E-state index contributed by atoms with van der Waals surface area (Å²) in [5.74, 6) is -1.02. The molecule has 5 nitrogen and oxygen atoms in total. The number of carboxylic acid groups (broad SMARTS) is 1. The molecule has 0 saturated heterocycles. The van der Waals surface area contributed by atoms with E-state index >= 15 is 0 Å². The maximum atomic E-state index is 11.6. The summed E-state index contributed by atoms with van der Waals surface area (Å²) in [6.07, 6.45) is -0.569. The van der Waals surface area contributed by atoms with Gasteiger partial charge < -0.3 is 15.2 Å². The van der Waals surface area contributed by atoms with Crippen molar-refractivity contribution in [1.82, 2.24) is 5.32 Å². The average molecular weight is 265 g/mol. The largest absolute Gasteiger partial charge is 0.478 e. The molecular formula is C14H19NO4. The summed E-state index contributed by atoms with van der Waals surface area (Å²) in [5.41, 5.74) is 0.128. The molecule has 0 aromatic heterocycles. The summed E-state index contributed by atoms with van der Waals surface area (Å²) in [7, 11) is 0. The highest BCUT2D eigenvalue weighted by atomic mass is 16.6. The highest BCUT2D eigenvalue weighted by molar-refractivity contribution is 5.89. The lowest BCUT2D eigenvalue weighted by Gasteiger charge is -2.22. The summed E-state index contributed by atoms with van der Waals surface area (Å²) in [6, 6.07) is 6.11. The number of rotatable bonds is 3. The summed E-state index contributed by atoms with van der Waals surface area (Å²) >= 11 is 0. The fraction of sp³-hybridized carbons (Fsp3) is 0.429. The van der Waals surface area contributed by atoms with Gasteiger partial charge in [0.05, 0.1) is 11.6 Å². The number of nitrogens with one attached hydrogen (secondary N) is 1. The van der Waals surface area contributed by atoms with Gasteiger partial charge in [-0.2, -0.15) is 0 Å². The molecule has 0 aliphatic heterocycles. The topological polar surface area (TPSA) is 75.6 Å². The van der Waals surface area contributed by atoms with Crippen LogP contribution in [0.4, 0.5) is 4.79 Å². The molecule has 0 aliphatic carbocycles. The highest BCUT2D eigenvalue weighted by Crippen LogP contribution is 2.18. The molecule has 19 heavy (non-hydrogen) atoms. The Morgan fingerprint density at radius 1 is 1.26 bits per heavy atom. The minimum Gasteiger partial charge on any atom is -0.478 e. The van der Waals surface area contributed by atoms with E-state index in [9.17, 15) is 9.59 Å². The number of alkyl carbamates (subject to hydrolysis) is 1. The van der Waals surface area contributed by atoms with Gasteiger partial charge >= 0.3 is 12.1 Å². The molecule has 2 N–H and O–H groups in total. The monoisotopic (exact) mass is 265 g/mol. The number of carbonyl (C=O) groups is 2. The van der Waals surface area contributed by atoms with E-state index < -0.39 is 23.7 Å². The maximum Gasteiger partial charge on any atom is 0.408 e. The van der Waals surface area contributed by atoms with Gasteiger partial charge in [-0.15, -0.1) is 0 Å². The Morgan fingerprint density at radius 3 is 2.37 bits per heavy atom. The van der Waals surface area contributed by atoms with Crippen molar-refractivity contribution in [3.63, 3.8) is 0 Å². The minimum atomic E-state index is -1.02. The van der Waals surface area contributed by atoms with Gasteiger partial charge in [-0.25, -0.2) is 9.59 Å². The quantitative estimate of drug-likeness (QED) is 0.881. The zero-order chi connectivity index (χ0) is 14.6. The number of amides is 1. The summed E-state index contributed by atoms with van der Waals surface area (Å²) in [5, 5.41) is 11.7. The average Bonchev–Trinajstić information content (AvgIpc) is 2.26. The lowest BCUT2D eigenvalue weighted by molar-refractivity contribution is 0.0504. The normalized spacial score (nSPS) is 12.6. The molecule has 0 radical (unpaired) electrons. The van der Waals surface area contributed by atoms with E-state index in [0.717, 1.165) is 0 Å². The Labute approximate surface area is 112 Å². The van der Waals surface area contributed by atoms with Crippen LogP contribution < -0.4 is 5.32 Å². The third-order valence-corrected chi connectivity index (χ3v) is 2.39. The third-order valence-electron chi connectivity index (χ3n) is 2.39. The van der Waals surface area contributed by atoms with E-state index in [2.05, 4.69) is 5.32 Å². The van der Waals surface area contributed by atoms with Crippen molar-refractivity contribution in [2.75, 3.05) is 0 Å². The number of carboxylic acids is 1. The second-order valence-electron chi connectivity index (χ2n) is 5.26. The molecule has 104 valence electrons. The van der Waals surface area contributed by atoms with Crippen molar-refractivity contribution in [2.45, 2.75) is 39.3 Å². The maximum absolute atomic E-state index is 11.6. The van der Waals surface area contributed by atoms with Crippen molar-refractivity contribution in [1.29, 1.82) is 0 Å². The van der Waals surface area contributed by atoms with Crippen LogP contribution in [0.1, 0.15) is 49.7 Å². The molecule has 0 fully saturated rings. The van der Waals surface area contributed by atoms with Crippen LogP contribution in [-0.2, 0) is 4.74 Å². The predicted molar refractivity (Wildman–Crippen MR) is 71.2 cm³/mol. The first-order valence-electron chi connectivity index (χ1n) is 6.02. The van der Waals surface area contributed by atoms with Gasteiger partial charge in [-0.05, 0) is 39.3 Å². The molecular weight excluding hydrogens is 246 g/mol. The van der Waals surface area contributed by atoms with Crippen LogP contribution in [0.2, 0.25) is 0 Å². The first kappa shape index (κ1) is 15.0. The van der Waals surface area contributed by atoms with E-state index in [1.54, 1.807) is 45.9 Å². The Balaban J connectivity index is 2.82. The van der Waals surface area contributed by atoms with E-state index in [0.29, 0.717) is 5.56 Å². The van der Waals surface area contributed by atoms with Gasteiger partial charge in [0.15, 0.2) is 0 Å². The molecule has 0 saturated carbocycles. The van der Waals surface area contributed by atoms with E-state index in [1.165, 1.54) is 6.07 Å². The standard InChI is InChI=1S/C14H19NO4/c1-9(15-13(18)19-14(2,3)4)10-7-5-6-8-11(10)12(16)17/h5-9H,1-4H3,(H,15,18)(H,16,17). The Bertz CT molecular complexity index is 477. The van der Waals surface area contributed by atoms with Gasteiger partial charge in [0.25, 0.3) is 0 Å². The molecule has 0 bridgehead atoms. The van der Waals surface area contributed by atoms with Crippen LogP contribution in [0.3, 0.4) is 0 Å². The van der Waals surface area contributed by atoms with Crippen molar-refractivity contribution in [3.8, 4) is 0 Å². The highest BCUT2D eigenvalue weighted by Gasteiger charge is 2.20. The lowest BCUT2D eigenvalue weighted by Crippen LogP contribution is -2.34. The lowest BCUT2D eigenvalue weighted by atomic mass is 10.0. The van der Waals surface area contributed by atoms with Crippen LogP contribution >= 0.6 is 0 Å². The predicted octanol–water partition coefficient (Wildman–Crippen LogP) is 2.97. The fourth-order valence-corrected chi connectivity index (χ4v) is 1.63. The van der Waals surface area contributed by atoms with Crippen LogP contribution in [0.25, 0.3) is 0 Å². The first-order chi connectivity index (χ1) is 8.70. The molecule has 0 spiro atoms. The molecule has 1 atom stereocenters. The summed E-state index contributed by atoms with van der Waals surface area (Å²) in [4.78, 5) is 22.7. The molecule has 1 aromatic rings. The first-order valence-corrected chi connectivity index (χ1v) is 6.02. The Morgan fingerprint density at radius 2 is 1.84 bits per heavy atom. The van der Waals surface area contributed by atoms with Crippen LogP contribution in [0.15, 0.2) is 24.3 Å². The van der Waals surface area contributed by atoms with Crippen molar-refractivity contribution < 1.29 is 19.4 Å². The van der Waals surface area contributed by atoms with Crippen molar-refractivity contribution in [3.05, 3.63) is 35.4 Å². The molecule has 1 rings (SSSR count). The summed E-state index contributed by atoms with van der Waals surface area (Å²) in [6.45, 7) is 7.01. The third kappa shape index (κ3) is 4.62. The number of hydrogen-bond acceptors (Lipinski definition) is 3. The van der Waals surface area contributed by atoms with E-state index in [1.807, 2.05) is 0 Å². The number of carbonyl (C=O) groups excluding carboxylic acids is 1. The molecule has 0 aliphatic rings. The smallest absolute Gasteiger partial charge is 0.408 e. The zero-order valence-corrected chi connectivity index (χ0v) is 11.6. The Kier molecular flexibility index (Phi) is 4.53. The van der Waals surface area contributed by atoms with Gasteiger partial charge in [0.1, 0.15) is 5.60 Å². The number of aromatic carboxylic acids is 1. The van der Waals surface area contributed by atoms with Crippen LogP contribution in [-0.4, -0.2) is 22.8 Å². The second kappa shape index (κ2) is 5.73. The molecule has 1 aromatic carbocycles. The molecule has 5 heteroatoms. The minimum absolute atomic E-state index is 0.172. The van der Waals surface area contributed by atoms with Gasteiger partial charge in [0.2, 0.25) is 0 Å². The van der Waals surface area contributed by atoms with E-state index in [-0.39, 0.29) is 5.56 Å². The van der Waals surface area contributed by atoms with Gasteiger partial charge in [-0.3, -0.25) is 0 Å². The van der Waals surface area contributed by atoms with E-state index in [4.69, 9.17) is 9.84 Å². The fourth-order valence-electron chi connectivity index (χ4n) is 1.63. The number of benzene rings is 1. The number of hydrogen-bond donors (Lipinski definition) is 2. The summed E-state index contributed by atoms with van der Waals surface area (Å²) < 4.78 is 5.13. The second-order valence-corrected chi connectivity index (χ2v) is 5.26. The van der Waals surface area contributed by atoms with Gasteiger partial charge in [-0.1, -0.05) is 18.2 Å². The molecule has 1 unspecified atom stereocenters. The number of ether oxygens (including phenoxy) is 1. The van der Waals surface area contributed by atoms with Crippen molar-refractivity contribution >= 4 is 12.1 Å². The Hall–Kier alpha value is -2.04. The molecule has 0 heterocycles. The molecule has 1 amide bonds. The van der Waals surface area contributed by atoms with Crippen molar-refractivity contribution in [2.24, 2.45) is 0 Å². The van der Waals surface area contributed by atoms with Gasteiger partial charge in [0, 0.05) is 0 Å².